The number of ether oxygens (including phenoxy) is 1. The molecule has 1 saturated carbocycles. The normalized spacial score (nSPS) is 33.7. The minimum absolute atomic E-state index is 0.226. The van der Waals surface area contributed by atoms with E-state index >= 15 is 0 Å². The van der Waals surface area contributed by atoms with Gasteiger partial charge in [0.05, 0.1) is 19.3 Å². The molecular weight excluding hydrogens is 216 g/mol. The van der Waals surface area contributed by atoms with Gasteiger partial charge in [-0.25, -0.2) is 0 Å². The third-order valence-corrected chi connectivity index (χ3v) is 3.91. The van der Waals surface area contributed by atoms with E-state index in [1.807, 2.05) is 0 Å². The molecule has 3 nitrogen and oxygen atoms in total. The highest BCUT2D eigenvalue weighted by molar-refractivity contribution is 4.82. The summed E-state index contributed by atoms with van der Waals surface area (Å²) in [7, 11) is 0. The molecule has 3 heteroatoms. The second kappa shape index (κ2) is 6.17. The second-order valence-electron chi connectivity index (χ2n) is 6.33. The smallest absolute Gasteiger partial charge is 0.108 e. The summed E-state index contributed by atoms with van der Waals surface area (Å²) in [6.45, 7) is 8.33. The Morgan fingerprint density at radius 3 is 2.53 bits per heavy atom. The van der Waals surface area contributed by atoms with Gasteiger partial charge in [0.15, 0.2) is 0 Å². The van der Waals surface area contributed by atoms with Crippen molar-refractivity contribution in [1.29, 1.82) is 0 Å². The van der Waals surface area contributed by atoms with Crippen molar-refractivity contribution < 1.29 is 14.9 Å². The molecule has 0 amide bonds. The maximum atomic E-state index is 9.77. The fourth-order valence-electron chi connectivity index (χ4n) is 2.64. The molecule has 0 unspecified atom stereocenters. The maximum Gasteiger partial charge on any atom is 0.108 e. The Balaban J connectivity index is 2.52. The standard InChI is InChI=1S/C14H28O3/c1-10(2)12-6-5-11(3)7-13(12)17-9-14(4,16)8-15/h10-13,15-16H,5-9H2,1-4H3/t11-,12+,13-,14-/m1/s1. The molecule has 0 bridgehead atoms. The van der Waals surface area contributed by atoms with Gasteiger partial charge in [0, 0.05) is 0 Å². The van der Waals surface area contributed by atoms with Crippen LogP contribution in [0.15, 0.2) is 0 Å². The van der Waals surface area contributed by atoms with Gasteiger partial charge in [-0.15, -0.1) is 0 Å². The van der Waals surface area contributed by atoms with E-state index in [0.29, 0.717) is 17.8 Å². The van der Waals surface area contributed by atoms with Gasteiger partial charge in [0.2, 0.25) is 0 Å². The molecular formula is C14H28O3. The van der Waals surface area contributed by atoms with E-state index in [1.54, 1.807) is 6.92 Å². The van der Waals surface area contributed by atoms with Gasteiger partial charge >= 0.3 is 0 Å². The molecule has 4 atom stereocenters. The molecule has 17 heavy (non-hydrogen) atoms. The lowest BCUT2D eigenvalue weighted by atomic mass is 9.75. The molecule has 0 heterocycles. The van der Waals surface area contributed by atoms with Crippen LogP contribution in [0.1, 0.15) is 47.0 Å². The first-order valence-electron chi connectivity index (χ1n) is 6.80. The molecule has 0 aromatic carbocycles. The highest BCUT2D eigenvalue weighted by Crippen LogP contribution is 2.35. The van der Waals surface area contributed by atoms with E-state index in [2.05, 4.69) is 20.8 Å². The van der Waals surface area contributed by atoms with Crippen LogP contribution in [0, 0.1) is 17.8 Å². The number of aliphatic hydroxyl groups excluding tert-OH is 1. The van der Waals surface area contributed by atoms with E-state index < -0.39 is 5.60 Å². The first kappa shape index (κ1) is 14.9. The summed E-state index contributed by atoms with van der Waals surface area (Å²) in [5, 5.41) is 18.8. The van der Waals surface area contributed by atoms with Crippen LogP contribution in [0.5, 0.6) is 0 Å². The third-order valence-electron chi connectivity index (χ3n) is 3.91. The lowest BCUT2D eigenvalue weighted by molar-refractivity contribution is -0.116. The van der Waals surface area contributed by atoms with Crippen molar-refractivity contribution in [2.75, 3.05) is 13.2 Å². The Morgan fingerprint density at radius 2 is 2.00 bits per heavy atom. The van der Waals surface area contributed by atoms with Crippen LogP contribution >= 0.6 is 0 Å². The molecule has 1 aliphatic carbocycles. The average Bonchev–Trinajstić information content (AvgIpc) is 2.26. The van der Waals surface area contributed by atoms with Gasteiger partial charge in [-0.05, 0) is 37.5 Å². The summed E-state index contributed by atoms with van der Waals surface area (Å²) < 4.78 is 5.87. The molecule has 1 rings (SSSR count). The quantitative estimate of drug-likeness (QED) is 0.779. The molecule has 0 aromatic rings. The predicted octanol–water partition coefficient (Wildman–Crippen LogP) is 2.21. The monoisotopic (exact) mass is 244 g/mol. The molecule has 0 radical (unpaired) electrons. The minimum atomic E-state index is -1.11. The summed E-state index contributed by atoms with van der Waals surface area (Å²) in [6.07, 6.45) is 3.80. The fraction of sp³-hybridized carbons (Fsp3) is 1.00. The van der Waals surface area contributed by atoms with Crippen molar-refractivity contribution >= 4 is 0 Å². The molecule has 0 spiro atoms. The van der Waals surface area contributed by atoms with Crippen molar-refractivity contribution in [3.63, 3.8) is 0 Å². The Bertz CT molecular complexity index is 226. The van der Waals surface area contributed by atoms with E-state index in [1.165, 1.54) is 12.8 Å². The predicted molar refractivity (Wildman–Crippen MR) is 68.8 cm³/mol. The molecule has 2 N–H and O–H groups in total. The lowest BCUT2D eigenvalue weighted by Crippen LogP contribution is -2.41. The van der Waals surface area contributed by atoms with Crippen molar-refractivity contribution in [3.8, 4) is 0 Å². The maximum absolute atomic E-state index is 9.77. The zero-order chi connectivity index (χ0) is 13.1. The average molecular weight is 244 g/mol. The fourth-order valence-corrected chi connectivity index (χ4v) is 2.64. The van der Waals surface area contributed by atoms with Crippen LogP contribution in [0.2, 0.25) is 0 Å². The Labute approximate surface area is 105 Å². The SMILES string of the molecule is CC(C)[C@@H]1CC[C@@H](C)C[C@H]1OC[C@](C)(O)CO. The van der Waals surface area contributed by atoms with Crippen LogP contribution in [0.4, 0.5) is 0 Å². The van der Waals surface area contributed by atoms with Crippen LogP contribution in [-0.2, 0) is 4.74 Å². The summed E-state index contributed by atoms with van der Waals surface area (Å²) in [6, 6.07) is 0. The van der Waals surface area contributed by atoms with Gasteiger partial charge < -0.3 is 14.9 Å². The zero-order valence-corrected chi connectivity index (χ0v) is 11.6. The van der Waals surface area contributed by atoms with Gasteiger partial charge in [0.25, 0.3) is 0 Å². The molecule has 1 aliphatic rings. The molecule has 102 valence electrons. The molecule has 0 saturated heterocycles. The minimum Gasteiger partial charge on any atom is -0.393 e. The number of hydrogen-bond acceptors (Lipinski definition) is 3. The Hall–Kier alpha value is -0.120. The van der Waals surface area contributed by atoms with E-state index in [-0.39, 0.29) is 19.3 Å². The van der Waals surface area contributed by atoms with E-state index in [9.17, 15) is 5.11 Å². The first-order chi connectivity index (χ1) is 7.85. The lowest BCUT2D eigenvalue weighted by Gasteiger charge is -2.38. The van der Waals surface area contributed by atoms with Crippen molar-refractivity contribution in [3.05, 3.63) is 0 Å². The Morgan fingerprint density at radius 1 is 1.35 bits per heavy atom. The third kappa shape index (κ3) is 4.57. The summed E-state index contributed by atoms with van der Waals surface area (Å²) in [5.74, 6) is 1.90. The number of rotatable bonds is 5. The number of aliphatic hydroxyl groups is 2. The highest BCUT2D eigenvalue weighted by Gasteiger charge is 2.33. The Kier molecular flexibility index (Phi) is 5.42. The summed E-state index contributed by atoms with van der Waals surface area (Å²) >= 11 is 0. The highest BCUT2D eigenvalue weighted by atomic mass is 16.5. The molecule has 0 aliphatic heterocycles. The summed E-state index contributed by atoms with van der Waals surface area (Å²) in [4.78, 5) is 0. The van der Waals surface area contributed by atoms with E-state index in [4.69, 9.17) is 9.84 Å². The van der Waals surface area contributed by atoms with Gasteiger partial charge in [-0.3, -0.25) is 0 Å². The van der Waals surface area contributed by atoms with Crippen LogP contribution in [0.3, 0.4) is 0 Å². The summed E-state index contributed by atoms with van der Waals surface area (Å²) in [5.41, 5.74) is -1.11. The van der Waals surface area contributed by atoms with Gasteiger partial charge in [-0.2, -0.15) is 0 Å². The second-order valence-corrected chi connectivity index (χ2v) is 6.33. The number of hydrogen-bond donors (Lipinski definition) is 2. The van der Waals surface area contributed by atoms with Crippen molar-refractivity contribution in [1.82, 2.24) is 0 Å². The molecule has 1 fully saturated rings. The van der Waals surface area contributed by atoms with Crippen molar-refractivity contribution in [2.24, 2.45) is 17.8 Å². The first-order valence-corrected chi connectivity index (χ1v) is 6.80. The van der Waals surface area contributed by atoms with Gasteiger partial charge in [-0.1, -0.05) is 27.2 Å². The van der Waals surface area contributed by atoms with Crippen LogP contribution in [-0.4, -0.2) is 35.1 Å². The van der Waals surface area contributed by atoms with Crippen LogP contribution < -0.4 is 0 Å². The topological polar surface area (TPSA) is 49.7 Å². The van der Waals surface area contributed by atoms with Crippen LogP contribution in [0.25, 0.3) is 0 Å². The molecule has 0 aromatic heterocycles. The zero-order valence-electron chi connectivity index (χ0n) is 11.6. The van der Waals surface area contributed by atoms with Gasteiger partial charge in [0.1, 0.15) is 5.60 Å². The largest absolute Gasteiger partial charge is 0.393 e. The van der Waals surface area contributed by atoms with E-state index in [0.717, 1.165) is 6.42 Å². The van der Waals surface area contributed by atoms with Crippen molar-refractivity contribution in [2.45, 2.75) is 58.7 Å².